The molecular formula is C13H12ClN3O2S. The maximum absolute atomic E-state index is 10.8. The number of thiol groups is 1. The lowest BCUT2D eigenvalue weighted by Crippen LogP contribution is -2.14. The number of hydrogen-bond acceptors (Lipinski definition) is 5. The second-order valence-corrected chi connectivity index (χ2v) is 5.92. The van der Waals surface area contributed by atoms with Crippen molar-refractivity contribution in [3.05, 3.63) is 46.9 Å². The van der Waals surface area contributed by atoms with Crippen LogP contribution in [0, 0.1) is 0 Å². The maximum Gasteiger partial charge on any atom is 0.144 e. The third kappa shape index (κ3) is 2.62. The Morgan fingerprint density at radius 3 is 2.85 bits per heavy atom. The second-order valence-electron chi connectivity index (χ2n) is 4.55. The van der Waals surface area contributed by atoms with Gasteiger partial charge < -0.3 is 4.90 Å². The minimum absolute atomic E-state index is 0.0853. The average molecular weight is 310 g/mol. The van der Waals surface area contributed by atoms with Gasteiger partial charge in [0.15, 0.2) is 0 Å². The van der Waals surface area contributed by atoms with Crippen molar-refractivity contribution in [3.63, 3.8) is 0 Å². The molecule has 0 radical (unpaired) electrons. The van der Waals surface area contributed by atoms with Crippen LogP contribution in [-0.4, -0.2) is 24.9 Å². The number of anilines is 2. The van der Waals surface area contributed by atoms with E-state index in [9.17, 15) is 8.42 Å². The Bertz CT molecular complexity index is 725. The number of rotatable bonds is 3. The summed E-state index contributed by atoms with van der Waals surface area (Å²) < 4.78 is 21.6. The highest BCUT2D eigenvalue weighted by Gasteiger charge is 2.21. The molecule has 0 aliphatic carbocycles. The SMILES string of the molecule is O=[SH](=O)Cc1ccc2c(c1)CCN2c1cc(Cl)ncn1. The maximum atomic E-state index is 10.8. The minimum Gasteiger partial charge on any atom is -0.326 e. The summed E-state index contributed by atoms with van der Waals surface area (Å²) in [4.78, 5) is 10.2. The summed E-state index contributed by atoms with van der Waals surface area (Å²) >= 11 is 5.89. The van der Waals surface area contributed by atoms with Crippen LogP contribution >= 0.6 is 11.6 Å². The minimum atomic E-state index is -2.39. The Labute approximate surface area is 123 Å². The van der Waals surface area contributed by atoms with Gasteiger partial charge in [-0.3, -0.25) is 0 Å². The summed E-state index contributed by atoms with van der Waals surface area (Å²) in [6.07, 6.45) is 2.30. The Morgan fingerprint density at radius 1 is 1.25 bits per heavy atom. The molecule has 20 heavy (non-hydrogen) atoms. The molecular weight excluding hydrogens is 298 g/mol. The van der Waals surface area contributed by atoms with Crippen LogP contribution in [0.15, 0.2) is 30.6 Å². The fraction of sp³-hybridized carbons (Fsp3) is 0.231. The summed E-state index contributed by atoms with van der Waals surface area (Å²) in [5.74, 6) is 0.841. The van der Waals surface area contributed by atoms with Gasteiger partial charge in [0.2, 0.25) is 0 Å². The van der Waals surface area contributed by atoms with Crippen LogP contribution in [0.3, 0.4) is 0 Å². The lowest BCUT2D eigenvalue weighted by Gasteiger charge is -2.18. The van der Waals surface area contributed by atoms with Crippen molar-refractivity contribution in [2.75, 3.05) is 11.4 Å². The van der Waals surface area contributed by atoms with Gasteiger partial charge in [0, 0.05) is 18.3 Å². The van der Waals surface area contributed by atoms with E-state index < -0.39 is 10.7 Å². The number of aromatic nitrogens is 2. The van der Waals surface area contributed by atoms with Gasteiger partial charge in [-0.05, 0) is 23.6 Å². The molecule has 0 unspecified atom stereocenters. The number of fused-ring (bicyclic) bond motifs is 1. The predicted octanol–water partition coefficient (Wildman–Crippen LogP) is 1.94. The number of hydrogen-bond donors (Lipinski definition) is 1. The van der Waals surface area contributed by atoms with Crippen molar-refractivity contribution in [2.24, 2.45) is 0 Å². The lowest BCUT2D eigenvalue weighted by molar-refractivity contribution is 0.614. The fourth-order valence-electron chi connectivity index (χ4n) is 2.41. The van der Waals surface area contributed by atoms with Gasteiger partial charge in [0.1, 0.15) is 28.0 Å². The Hall–Kier alpha value is -1.66. The lowest BCUT2D eigenvalue weighted by atomic mass is 10.1. The van der Waals surface area contributed by atoms with Crippen molar-refractivity contribution in [3.8, 4) is 0 Å². The van der Waals surface area contributed by atoms with Gasteiger partial charge in [-0.25, -0.2) is 18.4 Å². The highest BCUT2D eigenvalue weighted by molar-refractivity contribution is 7.71. The van der Waals surface area contributed by atoms with Gasteiger partial charge in [0.25, 0.3) is 0 Å². The van der Waals surface area contributed by atoms with E-state index in [4.69, 9.17) is 11.6 Å². The first-order chi connectivity index (χ1) is 9.63. The topological polar surface area (TPSA) is 63.2 Å². The number of nitrogens with zero attached hydrogens (tertiary/aromatic N) is 3. The standard InChI is InChI=1S/C13H12ClN3O2S/c14-12-6-13(16-8-15-12)17-4-3-10-5-9(7-20(18)19)1-2-11(10)17/h1-2,5-6,8,20H,3-4,7H2. The molecule has 104 valence electrons. The zero-order valence-corrected chi connectivity index (χ0v) is 12.1. The van der Waals surface area contributed by atoms with Crippen molar-refractivity contribution in [1.82, 2.24) is 9.97 Å². The molecule has 1 aromatic heterocycles. The molecule has 2 heterocycles. The average Bonchev–Trinajstić information content (AvgIpc) is 2.81. The molecule has 0 N–H and O–H groups in total. The molecule has 3 rings (SSSR count). The first kappa shape index (κ1) is 13.3. The van der Waals surface area contributed by atoms with E-state index in [0.29, 0.717) is 5.15 Å². The molecule has 0 bridgehead atoms. The summed E-state index contributed by atoms with van der Waals surface area (Å²) in [6.45, 7) is 0.801. The molecule has 0 fully saturated rings. The molecule has 1 aliphatic heterocycles. The van der Waals surface area contributed by atoms with Crippen molar-refractivity contribution in [1.29, 1.82) is 0 Å². The van der Waals surface area contributed by atoms with E-state index in [2.05, 4.69) is 14.9 Å². The quantitative estimate of drug-likeness (QED) is 0.693. The third-order valence-corrected chi connectivity index (χ3v) is 4.08. The zero-order chi connectivity index (χ0) is 14.1. The van der Waals surface area contributed by atoms with Crippen molar-refractivity contribution in [2.45, 2.75) is 12.2 Å². The molecule has 7 heteroatoms. The van der Waals surface area contributed by atoms with Crippen LogP contribution in [-0.2, 0) is 22.9 Å². The zero-order valence-electron chi connectivity index (χ0n) is 10.5. The molecule has 0 atom stereocenters. The summed E-state index contributed by atoms with van der Waals surface area (Å²) in [5.41, 5.74) is 3.00. The van der Waals surface area contributed by atoms with E-state index in [-0.39, 0.29) is 5.75 Å². The molecule has 1 aromatic carbocycles. The molecule has 2 aromatic rings. The summed E-state index contributed by atoms with van der Waals surface area (Å²) in [6, 6.07) is 7.44. The predicted molar refractivity (Wildman–Crippen MR) is 78.2 cm³/mol. The summed E-state index contributed by atoms with van der Waals surface area (Å²) in [5, 5.41) is 0.406. The van der Waals surface area contributed by atoms with Gasteiger partial charge in [0.05, 0.1) is 5.75 Å². The van der Waals surface area contributed by atoms with E-state index in [1.807, 2.05) is 18.2 Å². The van der Waals surface area contributed by atoms with E-state index in [1.54, 1.807) is 6.07 Å². The molecule has 0 amide bonds. The fourth-order valence-corrected chi connectivity index (χ4v) is 3.05. The van der Waals surface area contributed by atoms with Crippen LogP contribution < -0.4 is 4.90 Å². The van der Waals surface area contributed by atoms with Gasteiger partial charge in [-0.1, -0.05) is 23.7 Å². The van der Waals surface area contributed by atoms with Crippen molar-refractivity contribution < 1.29 is 8.42 Å². The second kappa shape index (κ2) is 5.38. The highest BCUT2D eigenvalue weighted by atomic mass is 35.5. The molecule has 0 saturated heterocycles. The van der Waals surface area contributed by atoms with E-state index in [0.717, 1.165) is 35.6 Å². The Morgan fingerprint density at radius 2 is 2.10 bits per heavy atom. The monoisotopic (exact) mass is 309 g/mol. The van der Waals surface area contributed by atoms with Crippen LogP contribution in [0.4, 0.5) is 11.5 Å². The van der Waals surface area contributed by atoms with E-state index in [1.165, 1.54) is 6.33 Å². The summed E-state index contributed by atoms with van der Waals surface area (Å²) in [7, 11) is -2.39. The molecule has 0 spiro atoms. The first-order valence-corrected chi connectivity index (χ1v) is 7.86. The van der Waals surface area contributed by atoms with Crippen LogP contribution in [0.5, 0.6) is 0 Å². The van der Waals surface area contributed by atoms with Crippen LogP contribution in [0.25, 0.3) is 0 Å². The largest absolute Gasteiger partial charge is 0.326 e. The van der Waals surface area contributed by atoms with E-state index >= 15 is 0 Å². The normalized spacial score (nSPS) is 13.8. The third-order valence-electron chi connectivity index (χ3n) is 3.25. The van der Waals surface area contributed by atoms with Crippen LogP contribution in [0.2, 0.25) is 5.15 Å². The van der Waals surface area contributed by atoms with Gasteiger partial charge >= 0.3 is 0 Å². The molecule has 5 nitrogen and oxygen atoms in total. The Kier molecular flexibility index (Phi) is 3.58. The molecule has 1 aliphatic rings. The van der Waals surface area contributed by atoms with Gasteiger partial charge in [-0.2, -0.15) is 0 Å². The Balaban J connectivity index is 1.94. The highest BCUT2D eigenvalue weighted by Crippen LogP contribution is 2.34. The van der Waals surface area contributed by atoms with Crippen molar-refractivity contribution >= 4 is 33.8 Å². The smallest absolute Gasteiger partial charge is 0.144 e. The molecule has 0 saturated carbocycles. The number of benzene rings is 1. The number of halogens is 1. The first-order valence-electron chi connectivity index (χ1n) is 6.12. The van der Waals surface area contributed by atoms with Gasteiger partial charge in [-0.15, -0.1) is 0 Å². The van der Waals surface area contributed by atoms with Crippen LogP contribution in [0.1, 0.15) is 11.1 Å².